The molecule has 0 heterocycles. The number of nitrogens with zero attached hydrogens (tertiary/aromatic N) is 1. The molecule has 0 radical (unpaired) electrons. The van der Waals surface area contributed by atoms with Crippen molar-refractivity contribution in [2.45, 2.75) is 18.7 Å². The van der Waals surface area contributed by atoms with Gasteiger partial charge in [-0.2, -0.15) is 13.2 Å². The molecule has 0 saturated heterocycles. The van der Waals surface area contributed by atoms with Crippen LogP contribution in [0.1, 0.15) is 12.5 Å². The molecule has 21 heavy (non-hydrogen) atoms. The lowest BCUT2D eigenvalue weighted by Gasteiger charge is -2.25. The molecule has 0 aromatic heterocycles. The molecule has 118 valence electrons. The number of rotatable bonds is 4. The summed E-state index contributed by atoms with van der Waals surface area (Å²) < 4.78 is 50.8. The average molecular weight is 308 g/mol. The highest BCUT2D eigenvalue weighted by molar-refractivity contribution is 5.97. The van der Waals surface area contributed by atoms with Crippen molar-refractivity contribution in [2.75, 3.05) is 26.0 Å². The first-order valence-electron chi connectivity index (χ1n) is 5.99. The van der Waals surface area contributed by atoms with Gasteiger partial charge in [-0.05, 0) is 39.2 Å². The fourth-order valence-corrected chi connectivity index (χ4v) is 1.77. The zero-order valence-corrected chi connectivity index (χ0v) is 11.8. The zero-order chi connectivity index (χ0) is 16.4. The predicted octanol–water partition coefficient (Wildman–Crippen LogP) is 2.10. The number of anilines is 1. The van der Waals surface area contributed by atoms with Crippen molar-refractivity contribution in [2.24, 2.45) is 0 Å². The van der Waals surface area contributed by atoms with E-state index in [4.69, 9.17) is 0 Å². The van der Waals surface area contributed by atoms with Crippen LogP contribution in [0.25, 0.3) is 0 Å². The van der Waals surface area contributed by atoms with Gasteiger partial charge >= 0.3 is 6.18 Å². The van der Waals surface area contributed by atoms with Crippen molar-refractivity contribution in [3.05, 3.63) is 29.6 Å². The van der Waals surface area contributed by atoms with E-state index in [2.05, 4.69) is 5.32 Å². The van der Waals surface area contributed by atoms with Crippen molar-refractivity contribution in [3.63, 3.8) is 0 Å². The molecule has 0 aliphatic carbocycles. The monoisotopic (exact) mass is 308 g/mol. The van der Waals surface area contributed by atoms with Gasteiger partial charge < -0.3 is 15.3 Å². The summed E-state index contributed by atoms with van der Waals surface area (Å²) in [6, 6.07) is 2.09. The van der Waals surface area contributed by atoms with Crippen LogP contribution in [-0.4, -0.2) is 42.2 Å². The van der Waals surface area contributed by atoms with Crippen molar-refractivity contribution >= 4 is 11.6 Å². The molecule has 0 spiro atoms. The van der Waals surface area contributed by atoms with Crippen LogP contribution >= 0.6 is 0 Å². The minimum absolute atomic E-state index is 0.0217. The summed E-state index contributed by atoms with van der Waals surface area (Å²) in [5, 5.41) is 12.1. The molecular weight excluding hydrogens is 292 g/mol. The number of hydrogen-bond donors (Lipinski definition) is 2. The second-order valence-electron chi connectivity index (χ2n) is 5.16. The highest BCUT2D eigenvalue weighted by Gasteiger charge is 2.35. The first-order chi connectivity index (χ1) is 9.43. The predicted molar refractivity (Wildman–Crippen MR) is 69.2 cm³/mol. The summed E-state index contributed by atoms with van der Waals surface area (Å²) in [6.45, 7) is 1.21. The molecule has 2 N–H and O–H groups in total. The number of amides is 1. The largest absolute Gasteiger partial charge is 0.419 e. The second kappa shape index (κ2) is 5.98. The second-order valence-corrected chi connectivity index (χ2v) is 5.16. The number of aliphatic hydroxyl groups is 1. The third-order valence-corrected chi connectivity index (χ3v) is 2.64. The quantitative estimate of drug-likeness (QED) is 0.838. The Balaban J connectivity index is 2.97. The van der Waals surface area contributed by atoms with Crippen molar-refractivity contribution in [1.29, 1.82) is 0 Å². The molecule has 1 rings (SSSR count). The summed E-state index contributed by atoms with van der Waals surface area (Å²) in [5.41, 5.74) is -3.52. The average Bonchev–Trinajstić information content (AvgIpc) is 2.28. The molecule has 1 atom stereocenters. The molecule has 0 fully saturated rings. The van der Waals surface area contributed by atoms with Crippen LogP contribution in [0.3, 0.4) is 0 Å². The van der Waals surface area contributed by atoms with Crippen LogP contribution in [-0.2, 0) is 11.0 Å². The van der Waals surface area contributed by atoms with E-state index in [1.54, 1.807) is 19.0 Å². The van der Waals surface area contributed by atoms with Crippen LogP contribution < -0.4 is 5.32 Å². The lowest BCUT2D eigenvalue weighted by Crippen LogP contribution is -2.47. The van der Waals surface area contributed by atoms with Gasteiger partial charge in [0.2, 0.25) is 0 Å². The number of likely N-dealkylation sites (N-methyl/N-ethyl adjacent to an activating group) is 1. The van der Waals surface area contributed by atoms with Gasteiger partial charge in [0.15, 0.2) is 5.60 Å². The third kappa shape index (κ3) is 4.68. The van der Waals surface area contributed by atoms with E-state index in [0.29, 0.717) is 12.1 Å². The number of carbonyl (C=O) groups excluding carboxylic acids is 1. The number of hydrogen-bond acceptors (Lipinski definition) is 3. The van der Waals surface area contributed by atoms with Crippen LogP contribution in [0.4, 0.5) is 23.2 Å². The normalized spacial score (nSPS) is 14.9. The third-order valence-electron chi connectivity index (χ3n) is 2.64. The minimum atomic E-state index is -4.86. The van der Waals surface area contributed by atoms with E-state index in [1.807, 2.05) is 0 Å². The maximum atomic E-state index is 13.1. The summed E-state index contributed by atoms with van der Waals surface area (Å²) in [5.74, 6) is -2.31. The Morgan fingerprint density at radius 1 is 1.33 bits per heavy atom. The van der Waals surface area contributed by atoms with Crippen LogP contribution in [0, 0.1) is 5.82 Å². The van der Waals surface area contributed by atoms with Crippen LogP contribution in [0.5, 0.6) is 0 Å². The van der Waals surface area contributed by atoms with Crippen molar-refractivity contribution < 1.29 is 27.5 Å². The zero-order valence-electron chi connectivity index (χ0n) is 11.8. The lowest BCUT2D eigenvalue weighted by molar-refractivity contribution is -0.140. The maximum absolute atomic E-state index is 13.1. The topological polar surface area (TPSA) is 52.6 Å². The molecule has 0 unspecified atom stereocenters. The Morgan fingerprint density at radius 3 is 2.38 bits per heavy atom. The molecule has 1 aromatic carbocycles. The smallest absolute Gasteiger partial charge is 0.379 e. The summed E-state index contributed by atoms with van der Waals surface area (Å²) in [7, 11) is 3.25. The number of benzene rings is 1. The molecular formula is C13H16F4N2O2. The molecule has 0 bridgehead atoms. The van der Waals surface area contributed by atoms with Gasteiger partial charge in [0.1, 0.15) is 5.82 Å². The van der Waals surface area contributed by atoms with E-state index < -0.39 is 29.1 Å². The molecule has 0 aliphatic rings. The van der Waals surface area contributed by atoms with Crippen molar-refractivity contribution in [3.8, 4) is 0 Å². The summed E-state index contributed by atoms with van der Waals surface area (Å²) in [6.07, 6.45) is -4.86. The molecule has 0 aliphatic heterocycles. The van der Waals surface area contributed by atoms with E-state index in [1.165, 1.54) is 6.92 Å². The Hall–Kier alpha value is -1.67. The molecule has 0 saturated carbocycles. The Kier molecular flexibility index (Phi) is 4.95. The van der Waals surface area contributed by atoms with Crippen molar-refractivity contribution in [1.82, 2.24) is 4.90 Å². The highest BCUT2D eigenvalue weighted by atomic mass is 19.4. The summed E-state index contributed by atoms with van der Waals surface area (Å²) in [4.78, 5) is 13.4. The van der Waals surface area contributed by atoms with Gasteiger partial charge in [-0.15, -0.1) is 0 Å². The molecule has 1 amide bonds. The fraction of sp³-hybridized carbons (Fsp3) is 0.462. The Bertz CT molecular complexity index is 527. The Labute approximate surface area is 119 Å². The minimum Gasteiger partial charge on any atom is -0.379 e. The van der Waals surface area contributed by atoms with E-state index in [-0.39, 0.29) is 12.2 Å². The van der Waals surface area contributed by atoms with Gasteiger partial charge in [0, 0.05) is 12.2 Å². The number of nitrogens with one attached hydrogen (secondary N) is 1. The first kappa shape index (κ1) is 17.4. The highest BCUT2D eigenvalue weighted by Crippen LogP contribution is 2.33. The van der Waals surface area contributed by atoms with Gasteiger partial charge in [-0.1, -0.05) is 0 Å². The van der Waals surface area contributed by atoms with Gasteiger partial charge in [-0.25, -0.2) is 4.39 Å². The van der Waals surface area contributed by atoms with Gasteiger partial charge in [0.05, 0.1) is 5.56 Å². The number of alkyl halides is 3. The summed E-state index contributed by atoms with van der Waals surface area (Å²) >= 11 is 0. The SMILES string of the molecule is CN(C)C[C@@](C)(O)C(=O)Nc1ccc(F)c(C(F)(F)F)c1. The van der Waals surface area contributed by atoms with Crippen LogP contribution in [0.15, 0.2) is 18.2 Å². The van der Waals surface area contributed by atoms with E-state index in [9.17, 15) is 27.5 Å². The lowest BCUT2D eigenvalue weighted by atomic mass is 10.1. The standard InChI is InChI=1S/C13H16F4N2O2/c1-12(21,7-19(2)3)11(20)18-8-4-5-10(14)9(6-8)13(15,16)17/h4-6,21H,7H2,1-3H3,(H,18,20)/t12-/m1/s1. The molecule has 4 nitrogen and oxygen atoms in total. The Morgan fingerprint density at radius 2 is 1.90 bits per heavy atom. The first-order valence-corrected chi connectivity index (χ1v) is 5.99. The van der Waals surface area contributed by atoms with Crippen LogP contribution in [0.2, 0.25) is 0 Å². The number of carbonyl (C=O) groups is 1. The maximum Gasteiger partial charge on any atom is 0.419 e. The van der Waals surface area contributed by atoms with E-state index in [0.717, 1.165) is 6.07 Å². The fourth-order valence-electron chi connectivity index (χ4n) is 1.77. The van der Waals surface area contributed by atoms with Gasteiger partial charge in [-0.3, -0.25) is 4.79 Å². The number of halogens is 4. The molecule has 1 aromatic rings. The molecule has 8 heteroatoms. The van der Waals surface area contributed by atoms with E-state index >= 15 is 0 Å². The van der Waals surface area contributed by atoms with Gasteiger partial charge in [0.25, 0.3) is 5.91 Å².